The Morgan fingerprint density at radius 2 is 1.94 bits per heavy atom. The number of nitrogens with one attached hydrogen (secondary N) is 1. The quantitative estimate of drug-likeness (QED) is 0.325. The Morgan fingerprint density at radius 1 is 1.18 bits per heavy atom. The summed E-state index contributed by atoms with van der Waals surface area (Å²) in [6.07, 6.45) is 0.917. The van der Waals surface area contributed by atoms with Crippen molar-refractivity contribution in [2.75, 3.05) is 18.5 Å². The van der Waals surface area contributed by atoms with E-state index in [2.05, 4.69) is 22.3 Å². The van der Waals surface area contributed by atoms with Gasteiger partial charge in [0.2, 0.25) is 11.1 Å². The first kappa shape index (κ1) is 23.8. The van der Waals surface area contributed by atoms with Gasteiger partial charge in [0.05, 0.1) is 18.8 Å². The molecule has 4 rings (SSSR count). The molecule has 1 aliphatic rings. The largest absolute Gasteiger partial charge is 0.494 e. The van der Waals surface area contributed by atoms with Crippen LogP contribution in [0, 0.1) is 5.82 Å². The van der Waals surface area contributed by atoms with Crippen molar-refractivity contribution in [3.63, 3.8) is 0 Å². The van der Waals surface area contributed by atoms with Gasteiger partial charge in [-0.2, -0.15) is 4.98 Å². The Labute approximate surface area is 202 Å². The van der Waals surface area contributed by atoms with Gasteiger partial charge in [0, 0.05) is 11.4 Å². The van der Waals surface area contributed by atoms with E-state index in [1.807, 2.05) is 31.2 Å². The van der Waals surface area contributed by atoms with Crippen molar-refractivity contribution in [1.29, 1.82) is 0 Å². The van der Waals surface area contributed by atoms with Gasteiger partial charge in [-0.05, 0) is 49.6 Å². The second-order valence-corrected chi connectivity index (χ2v) is 8.69. The van der Waals surface area contributed by atoms with Crippen molar-refractivity contribution in [1.82, 2.24) is 14.8 Å². The van der Waals surface area contributed by atoms with E-state index in [0.29, 0.717) is 40.3 Å². The zero-order valence-electron chi connectivity index (χ0n) is 19.4. The number of carbonyl (C=O) groups is 1. The van der Waals surface area contributed by atoms with Crippen LogP contribution in [0.15, 0.2) is 65.0 Å². The van der Waals surface area contributed by atoms with E-state index in [4.69, 9.17) is 9.47 Å². The normalized spacial score (nSPS) is 15.0. The van der Waals surface area contributed by atoms with Crippen LogP contribution in [-0.4, -0.2) is 33.9 Å². The molecule has 0 spiro atoms. The highest BCUT2D eigenvalue weighted by Gasteiger charge is 2.35. The molecule has 0 aliphatic carbocycles. The molecule has 1 N–H and O–H groups in total. The van der Waals surface area contributed by atoms with E-state index in [1.54, 1.807) is 29.8 Å². The fourth-order valence-electron chi connectivity index (χ4n) is 3.70. The number of allylic oxidation sites excluding steroid dienone is 1. The molecule has 9 heteroatoms. The maximum atomic E-state index is 14.0. The van der Waals surface area contributed by atoms with Crippen LogP contribution in [0.5, 0.6) is 5.75 Å². The van der Waals surface area contributed by atoms with E-state index in [9.17, 15) is 9.18 Å². The van der Waals surface area contributed by atoms with Crippen LogP contribution < -0.4 is 10.1 Å². The van der Waals surface area contributed by atoms with E-state index in [1.165, 1.54) is 17.8 Å². The molecule has 7 nitrogen and oxygen atoms in total. The number of aromatic nitrogens is 3. The molecule has 0 radical (unpaired) electrons. The monoisotopic (exact) mass is 482 g/mol. The highest BCUT2D eigenvalue weighted by Crippen LogP contribution is 2.37. The van der Waals surface area contributed by atoms with Gasteiger partial charge in [-0.15, -0.1) is 5.10 Å². The lowest BCUT2D eigenvalue weighted by Gasteiger charge is -2.28. The number of esters is 1. The third-order valence-electron chi connectivity index (χ3n) is 5.31. The maximum absolute atomic E-state index is 14.0. The van der Waals surface area contributed by atoms with Crippen LogP contribution in [0.1, 0.15) is 44.4 Å². The first-order valence-corrected chi connectivity index (χ1v) is 12.2. The molecule has 0 fully saturated rings. The summed E-state index contributed by atoms with van der Waals surface area (Å²) >= 11 is 1.33. The zero-order chi connectivity index (χ0) is 24.1. The van der Waals surface area contributed by atoms with Crippen LogP contribution in [0.3, 0.4) is 0 Å². The minimum absolute atomic E-state index is 0.262. The summed E-state index contributed by atoms with van der Waals surface area (Å²) in [5.41, 5.74) is 2.55. The Hall–Kier alpha value is -3.33. The van der Waals surface area contributed by atoms with Crippen molar-refractivity contribution >= 4 is 23.7 Å². The molecule has 1 atom stereocenters. The SMILES string of the molecule is CCCOc1ccc(C2C(C(=O)OCC)=C(C)Nc3nc(SCc4ccccc4F)nn32)cc1. The van der Waals surface area contributed by atoms with Gasteiger partial charge in [0.15, 0.2) is 0 Å². The first-order valence-electron chi connectivity index (χ1n) is 11.2. The number of anilines is 1. The Bertz CT molecular complexity index is 1190. The molecular formula is C25H27FN4O3S. The molecule has 1 aromatic heterocycles. The summed E-state index contributed by atoms with van der Waals surface area (Å²) in [5, 5.41) is 8.32. The lowest BCUT2D eigenvalue weighted by Crippen LogP contribution is -2.29. The van der Waals surface area contributed by atoms with Gasteiger partial charge >= 0.3 is 5.97 Å². The minimum atomic E-state index is -0.522. The molecule has 2 heterocycles. The van der Waals surface area contributed by atoms with E-state index in [-0.39, 0.29) is 12.4 Å². The van der Waals surface area contributed by atoms with Gasteiger partial charge in [0.1, 0.15) is 17.6 Å². The van der Waals surface area contributed by atoms with Crippen molar-refractivity contribution < 1.29 is 18.7 Å². The van der Waals surface area contributed by atoms with Crippen LogP contribution in [0.2, 0.25) is 0 Å². The van der Waals surface area contributed by atoms with Crippen molar-refractivity contribution in [2.45, 2.75) is 44.1 Å². The molecule has 3 aromatic rings. The van der Waals surface area contributed by atoms with Gasteiger partial charge in [-0.1, -0.05) is 49.0 Å². The van der Waals surface area contributed by atoms with Gasteiger partial charge in [-0.25, -0.2) is 13.9 Å². The summed E-state index contributed by atoms with van der Waals surface area (Å²) in [7, 11) is 0. The van der Waals surface area contributed by atoms with Crippen LogP contribution >= 0.6 is 11.8 Å². The summed E-state index contributed by atoms with van der Waals surface area (Å²) in [5.74, 6) is 0.991. The van der Waals surface area contributed by atoms with Crippen LogP contribution in [-0.2, 0) is 15.3 Å². The summed E-state index contributed by atoms with van der Waals surface area (Å²) < 4.78 is 26.8. The average Bonchev–Trinajstić information content (AvgIpc) is 3.24. The Kier molecular flexibility index (Phi) is 7.52. The number of hydrogen-bond acceptors (Lipinski definition) is 7. The average molecular weight is 483 g/mol. The number of thioether (sulfide) groups is 1. The molecule has 2 aromatic carbocycles. The molecular weight excluding hydrogens is 455 g/mol. The molecule has 0 bridgehead atoms. The number of nitrogens with zero attached hydrogens (tertiary/aromatic N) is 3. The van der Waals surface area contributed by atoms with Gasteiger partial charge in [-0.3, -0.25) is 0 Å². The third kappa shape index (κ3) is 5.09. The third-order valence-corrected chi connectivity index (χ3v) is 6.20. The lowest BCUT2D eigenvalue weighted by molar-refractivity contribution is -0.139. The van der Waals surface area contributed by atoms with E-state index in [0.717, 1.165) is 17.7 Å². The predicted octanol–water partition coefficient (Wildman–Crippen LogP) is 5.35. The molecule has 0 saturated carbocycles. The van der Waals surface area contributed by atoms with E-state index < -0.39 is 12.0 Å². The molecule has 1 aliphatic heterocycles. The molecule has 0 saturated heterocycles. The standard InChI is InChI=1S/C25H27FN4O3S/c1-4-14-33-19-12-10-17(11-13-19)22-21(23(31)32-5-2)16(3)27-24-28-25(29-30(22)24)34-15-18-8-6-7-9-20(18)26/h6-13,22H,4-5,14-15H2,1-3H3,(H,27,28,29). The first-order chi connectivity index (χ1) is 16.5. The minimum Gasteiger partial charge on any atom is -0.494 e. The Balaban J connectivity index is 1.67. The van der Waals surface area contributed by atoms with Crippen molar-refractivity contribution in [3.8, 4) is 5.75 Å². The maximum Gasteiger partial charge on any atom is 0.338 e. The zero-order valence-corrected chi connectivity index (χ0v) is 20.2. The highest BCUT2D eigenvalue weighted by atomic mass is 32.2. The number of fused-ring (bicyclic) bond motifs is 1. The molecule has 1 unspecified atom stereocenters. The molecule has 0 amide bonds. The number of benzene rings is 2. The van der Waals surface area contributed by atoms with E-state index >= 15 is 0 Å². The Morgan fingerprint density at radius 3 is 2.65 bits per heavy atom. The summed E-state index contributed by atoms with van der Waals surface area (Å²) in [6.45, 7) is 6.55. The summed E-state index contributed by atoms with van der Waals surface area (Å²) in [4.78, 5) is 17.5. The smallest absolute Gasteiger partial charge is 0.338 e. The van der Waals surface area contributed by atoms with Crippen LogP contribution in [0.4, 0.5) is 10.3 Å². The van der Waals surface area contributed by atoms with Crippen LogP contribution in [0.25, 0.3) is 0 Å². The molecule has 34 heavy (non-hydrogen) atoms. The number of carbonyl (C=O) groups excluding carboxylic acids is 1. The lowest BCUT2D eigenvalue weighted by atomic mass is 9.96. The number of rotatable bonds is 9. The second-order valence-electron chi connectivity index (χ2n) is 7.75. The summed E-state index contributed by atoms with van der Waals surface area (Å²) in [6, 6.07) is 13.7. The van der Waals surface area contributed by atoms with Gasteiger partial charge in [0.25, 0.3) is 0 Å². The highest BCUT2D eigenvalue weighted by molar-refractivity contribution is 7.98. The topological polar surface area (TPSA) is 78.3 Å². The van der Waals surface area contributed by atoms with Crippen molar-refractivity contribution in [2.24, 2.45) is 0 Å². The fourth-order valence-corrected chi connectivity index (χ4v) is 4.51. The fraction of sp³-hybridized carbons (Fsp3) is 0.320. The molecule has 178 valence electrons. The predicted molar refractivity (Wildman–Crippen MR) is 129 cm³/mol. The second kappa shape index (κ2) is 10.7. The number of halogens is 1. The van der Waals surface area contributed by atoms with Gasteiger partial charge < -0.3 is 14.8 Å². The number of ether oxygens (including phenoxy) is 2. The number of hydrogen-bond donors (Lipinski definition) is 1. The van der Waals surface area contributed by atoms with Crippen molar-refractivity contribution in [3.05, 3.63) is 76.7 Å².